The van der Waals surface area contributed by atoms with E-state index in [1.165, 1.54) is 30.6 Å². The average molecular weight is 477 g/mol. The summed E-state index contributed by atoms with van der Waals surface area (Å²) in [7, 11) is 3.83. The molecule has 0 aliphatic carbocycles. The van der Waals surface area contributed by atoms with Crippen LogP contribution >= 0.6 is 0 Å². The molecule has 1 amide bonds. The van der Waals surface area contributed by atoms with E-state index in [9.17, 15) is 9.18 Å². The lowest BCUT2D eigenvalue weighted by atomic mass is 10.1. The number of anilines is 3. The molecule has 4 rings (SSSR count). The van der Waals surface area contributed by atoms with Gasteiger partial charge in [0.2, 0.25) is 5.91 Å². The van der Waals surface area contributed by atoms with Crippen molar-refractivity contribution in [3.8, 4) is 11.8 Å². The zero-order valence-corrected chi connectivity index (χ0v) is 19.4. The number of nitriles is 1. The number of halogens is 1. The van der Waals surface area contributed by atoms with Crippen molar-refractivity contribution in [2.24, 2.45) is 0 Å². The third-order valence-electron chi connectivity index (χ3n) is 5.27. The summed E-state index contributed by atoms with van der Waals surface area (Å²) in [4.78, 5) is 23.2. The van der Waals surface area contributed by atoms with Crippen LogP contribution in [0.3, 0.4) is 0 Å². The predicted molar refractivity (Wildman–Crippen MR) is 130 cm³/mol. The van der Waals surface area contributed by atoms with Crippen molar-refractivity contribution >= 4 is 34.0 Å². The van der Waals surface area contributed by atoms with Crippen LogP contribution in [-0.2, 0) is 9.53 Å². The molecule has 0 radical (unpaired) electrons. The summed E-state index contributed by atoms with van der Waals surface area (Å²) in [6, 6.07) is 9.43. The summed E-state index contributed by atoms with van der Waals surface area (Å²) in [6.45, 7) is 1.71. The van der Waals surface area contributed by atoms with E-state index in [0.29, 0.717) is 53.6 Å². The van der Waals surface area contributed by atoms with Crippen LogP contribution in [0.25, 0.3) is 10.9 Å². The molecule has 0 bridgehead atoms. The van der Waals surface area contributed by atoms with Gasteiger partial charge in [-0.1, -0.05) is 6.08 Å². The van der Waals surface area contributed by atoms with Gasteiger partial charge in [0.1, 0.15) is 35.9 Å². The first kappa shape index (κ1) is 24.1. The second-order valence-corrected chi connectivity index (χ2v) is 8.28. The van der Waals surface area contributed by atoms with Crippen LogP contribution in [0.5, 0.6) is 5.75 Å². The highest BCUT2D eigenvalue weighted by Crippen LogP contribution is 2.34. The SMILES string of the molecule is CN(C)CC=CC(=O)Nc1cc2c(Nc3ccc(F)c(C#N)c3)ncnc2cc1OC1CCOC1. The smallest absolute Gasteiger partial charge is 0.248 e. The number of hydrogen-bond acceptors (Lipinski definition) is 8. The van der Waals surface area contributed by atoms with Gasteiger partial charge in [0, 0.05) is 36.2 Å². The van der Waals surface area contributed by atoms with Gasteiger partial charge in [-0.15, -0.1) is 0 Å². The normalized spacial score (nSPS) is 15.5. The Balaban J connectivity index is 1.69. The second-order valence-electron chi connectivity index (χ2n) is 8.28. The Morgan fingerprint density at radius 3 is 2.94 bits per heavy atom. The van der Waals surface area contributed by atoms with Crippen LogP contribution in [0.15, 0.2) is 48.8 Å². The van der Waals surface area contributed by atoms with E-state index >= 15 is 0 Å². The summed E-state index contributed by atoms with van der Waals surface area (Å²) in [5.74, 6) is -0.00155. The van der Waals surface area contributed by atoms with Gasteiger partial charge in [-0.3, -0.25) is 4.79 Å². The zero-order chi connectivity index (χ0) is 24.8. The minimum atomic E-state index is -0.601. The minimum Gasteiger partial charge on any atom is -0.486 e. The number of nitrogens with one attached hydrogen (secondary N) is 2. The number of amides is 1. The fraction of sp³-hybridized carbons (Fsp3) is 0.280. The zero-order valence-electron chi connectivity index (χ0n) is 19.4. The Morgan fingerprint density at radius 2 is 2.20 bits per heavy atom. The molecule has 10 heteroatoms. The quantitative estimate of drug-likeness (QED) is 0.474. The van der Waals surface area contributed by atoms with E-state index in [-0.39, 0.29) is 17.6 Å². The van der Waals surface area contributed by atoms with E-state index in [1.54, 1.807) is 18.2 Å². The van der Waals surface area contributed by atoms with Crippen molar-refractivity contribution in [3.05, 3.63) is 60.2 Å². The average Bonchev–Trinajstić information content (AvgIpc) is 3.34. The second kappa shape index (κ2) is 10.9. The van der Waals surface area contributed by atoms with E-state index in [0.717, 1.165) is 6.42 Å². The van der Waals surface area contributed by atoms with Gasteiger partial charge in [-0.2, -0.15) is 5.26 Å². The molecule has 1 fully saturated rings. The number of aromatic nitrogens is 2. The van der Waals surface area contributed by atoms with Gasteiger partial charge in [0.05, 0.1) is 30.0 Å². The molecule has 2 aromatic carbocycles. The summed E-state index contributed by atoms with van der Waals surface area (Å²) >= 11 is 0. The number of benzene rings is 2. The lowest BCUT2D eigenvalue weighted by Crippen LogP contribution is -2.18. The Morgan fingerprint density at radius 1 is 1.34 bits per heavy atom. The maximum atomic E-state index is 13.7. The van der Waals surface area contributed by atoms with Crippen molar-refractivity contribution in [2.75, 3.05) is 44.5 Å². The van der Waals surface area contributed by atoms with Crippen LogP contribution in [0, 0.1) is 17.1 Å². The van der Waals surface area contributed by atoms with Crippen molar-refractivity contribution in [2.45, 2.75) is 12.5 Å². The predicted octanol–water partition coefficient (Wildman–Crippen LogP) is 3.61. The van der Waals surface area contributed by atoms with Crippen molar-refractivity contribution in [1.82, 2.24) is 14.9 Å². The van der Waals surface area contributed by atoms with Crippen LogP contribution < -0.4 is 15.4 Å². The standard InChI is InChI=1S/C25H25FN6O3/c1-32(2)8-3-4-24(33)31-22-11-19-21(12-23(22)35-18-7-9-34-14-18)28-15-29-25(19)30-17-5-6-20(26)16(10-17)13-27/h3-6,10-12,15,18H,7-9,14H2,1-2H3,(H,31,33)(H,28,29,30). The molecule has 3 aromatic rings. The van der Waals surface area contributed by atoms with Crippen molar-refractivity contribution in [3.63, 3.8) is 0 Å². The number of fused-ring (bicyclic) bond motifs is 1. The first-order chi connectivity index (χ1) is 16.9. The van der Waals surface area contributed by atoms with Crippen molar-refractivity contribution in [1.29, 1.82) is 5.26 Å². The maximum Gasteiger partial charge on any atom is 0.248 e. The van der Waals surface area contributed by atoms with E-state index in [2.05, 4.69) is 20.6 Å². The molecular weight excluding hydrogens is 451 g/mol. The molecule has 9 nitrogen and oxygen atoms in total. The van der Waals surface area contributed by atoms with Gasteiger partial charge in [0.25, 0.3) is 0 Å². The molecule has 1 aliphatic rings. The molecule has 2 heterocycles. The lowest BCUT2D eigenvalue weighted by Gasteiger charge is -2.17. The number of nitrogens with zero attached hydrogens (tertiary/aromatic N) is 4. The minimum absolute atomic E-state index is 0.0831. The summed E-state index contributed by atoms with van der Waals surface area (Å²) in [5.41, 5.74) is 1.45. The number of ether oxygens (including phenoxy) is 2. The molecule has 35 heavy (non-hydrogen) atoms. The van der Waals surface area contributed by atoms with Gasteiger partial charge in [0.15, 0.2) is 0 Å². The molecule has 180 valence electrons. The fourth-order valence-electron chi connectivity index (χ4n) is 3.53. The van der Waals surface area contributed by atoms with Gasteiger partial charge in [-0.05, 0) is 38.4 Å². The topological polar surface area (TPSA) is 112 Å². The third kappa shape index (κ3) is 6.09. The number of hydrogen-bond donors (Lipinski definition) is 2. The van der Waals surface area contributed by atoms with Crippen LogP contribution in [0.2, 0.25) is 0 Å². The molecule has 1 aliphatic heterocycles. The highest BCUT2D eigenvalue weighted by Gasteiger charge is 2.21. The molecule has 0 spiro atoms. The summed E-state index contributed by atoms with van der Waals surface area (Å²) in [5, 5.41) is 15.7. The Hall–Kier alpha value is -4.07. The molecule has 0 saturated carbocycles. The third-order valence-corrected chi connectivity index (χ3v) is 5.27. The fourth-order valence-corrected chi connectivity index (χ4v) is 3.53. The van der Waals surface area contributed by atoms with Gasteiger partial charge >= 0.3 is 0 Å². The molecule has 1 aromatic heterocycles. The van der Waals surface area contributed by atoms with Crippen LogP contribution in [-0.4, -0.2) is 60.7 Å². The maximum absolute atomic E-state index is 13.7. The Kier molecular flexibility index (Phi) is 7.50. The van der Waals surface area contributed by atoms with E-state index in [4.69, 9.17) is 14.7 Å². The van der Waals surface area contributed by atoms with Crippen LogP contribution in [0.1, 0.15) is 12.0 Å². The number of likely N-dealkylation sites (N-methyl/N-ethyl adjacent to an activating group) is 1. The first-order valence-corrected chi connectivity index (χ1v) is 11.0. The van der Waals surface area contributed by atoms with Gasteiger partial charge in [-0.25, -0.2) is 14.4 Å². The highest BCUT2D eigenvalue weighted by molar-refractivity contribution is 6.03. The largest absolute Gasteiger partial charge is 0.486 e. The molecule has 1 unspecified atom stereocenters. The number of rotatable bonds is 8. The number of carbonyl (C=O) groups excluding carboxylic acids is 1. The van der Waals surface area contributed by atoms with Crippen LogP contribution in [0.4, 0.5) is 21.6 Å². The summed E-state index contributed by atoms with van der Waals surface area (Å²) in [6.07, 6.45) is 5.24. The highest BCUT2D eigenvalue weighted by atomic mass is 19.1. The lowest BCUT2D eigenvalue weighted by molar-refractivity contribution is -0.111. The molecule has 1 saturated heterocycles. The molecular formula is C25H25FN6O3. The number of carbonyl (C=O) groups is 1. The van der Waals surface area contributed by atoms with Crippen molar-refractivity contribution < 1.29 is 18.7 Å². The Labute approximate surface area is 202 Å². The van der Waals surface area contributed by atoms with E-state index < -0.39 is 5.82 Å². The molecule has 2 N–H and O–H groups in total. The Bertz CT molecular complexity index is 1300. The van der Waals surface area contributed by atoms with Gasteiger partial charge < -0.3 is 25.0 Å². The summed E-state index contributed by atoms with van der Waals surface area (Å²) < 4.78 is 25.3. The van der Waals surface area contributed by atoms with E-state index in [1.807, 2.05) is 25.1 Å². The monoisotopic (exact) mass is 476 g/mol. The molecule has 1 atom stereocenters. The first-order valence-electron chi connectivity index (χ1n) is 11.0.